The van der Waals surface area contributed by atoms with Gasteiger partial charge in [-0.25, -0.2) is 0 Å². The lowest BCUT2D eigenvalue weighted by Gasteiger charge is -2.09. The fraction of sp³-hybridized carbons (Fsp3) is 0.208. The highest BCUT2D eigenvalue weighted by atomic mass is 79.9. The number of amides is 1. The number of aryl methyl sites for hydroxylation is 2. The van der Waals surface area contributed by atoms with Crippen LogP contribution in [0.1, 0.15) is 41.3 Å². The predicted octanol–water partition coefficient (Wildman–Crippen LogP) is 5.99. The highest BCUT2D eigenvalue weighted by molar-refractivity contribution is 9.10. The van der Waals surface area contributed by atoms with Gasteiger partial charge in [0.15, 0.2) is 0 Å². The summed E-state index contributed by atoms with van der Waals surface area (Å²) >= 11 is 3.29. The van der Waals surface area contributed by atoms with E-state index >= 15 is 0 Å². The Bertz CT molecular complexity index is 1350. The standard InChI is InChI=1S/C24H22BrN5O3/c1-3-4-5-16-6-8-17(9-7-16)29-27-22-12-15(2)21(14-23(22)28-29)26-24(31)19-13-18(30(32)33)10-11-20(19)25/h6-14H,3-5H2,1-2H3,(H,26,31). The number of halogens is 1. The molecule has 0 aliphatic heterocycles. The number of carbonyl (C=O) groups excluding carboxylic acids is 1. The summed E-state index contributed by atoms with van der Waals surface area (Å²) in [6, 6.07) is 15.9. The van der Waals surface area contributed by atoms with Gasteiger partial charge in [0.1, 0.15) is 11.0 Å². The van der Waals surface area contributed by atoms with E-state index in [0.29, 0.717) is 21.2 Å². The van der Waals surface area contributed by atoms with E-state index in [-0.39, 0.29) is 11.3 Å². The molecular weight excluding hydrogens is 486 g/mol. The third kappa shape index (κ3) is 4.93. The second-order valence-electron chi connectivity index (χ2n) is 7.79. The Kier molecular flexibility index (Phi) is 6.50. The summed E-state index contributed by atoms with van der Waals surface area (Å²) in [7, 11) is 0. The molecule has 8 nitrogen and oxygen atoms in total. The predicted molar refractivity (Wildman–Crippen MR) is 131 cm³/mol. The summed E-state index contributed by atoms with van der Waals surface area (Å²) in [4.78, 5) is 24.9. The van der Waals surface area contributed by atoms with Gasteiger partial charge < -0.3 is 5.32 Å². The first-order valence-electron chi connectivity index (χ1n) is 10.6. The molecule has 3 aromatic carbocycles. The summed E-state index contributed by atoms with van der Waals surface area (Å²) in [6.45, 7) is 4.04. The third-order valence-electron chi connectivity index (χ3n) is 5.37. The summed E-state index contributed by atoms with van der Waals surface area (Å²) < 4.78 is 0.470. The second kappa shape index (κ2) is 9.50. The van der Waals surface area contributed by atoms with Crippen molar-refractivity contribution in [3.63, 3.8) is 0 Å². The number of nitro groups is 1. The van der Waals surface area contributed by atoms with Crippen LogP contribution in [0.25, 0.3) is 16.7 Å². The molecule has 4 aromatic rings. The fourth-order valence-electron chi connectivity index (χ4n) is 3.49. The van der Waals surface area contributed by atoms with E-state index in [1.807, 2.05) is 25.1 Å². The van der Waals surface area contributed by atoms with Crippen molar-refractivity contribution in [1.29, 1.82) is 0 Å². The van der Waals surface area contributed by atoms with Crippen LogP contribution in [-0.2, 0) is 6.42 Å². The minimum Gasteiger partial charge on any atom is -0.322 e. The third-order valence-corrected chi connectivity index (χ3v) is 6.06. The zero-order valence-corrected chi connectivity index (χ0v) is 19.8. The molecule has 9 heteroatoms. The first kappa shape index (κ1) is 22.6. The van der Waals surface area contributed by atoms with Crippen LogP contribution in [0.3, 0.4) is 0 Å². The summed E-state index contributed by atoms with van der Waals surface area (Å²) in [5, 5.41) is 23.0. The zero-order valence-electron chi connectivity index (χ0n) is 18.2. The molecule has 0 fully saturated rings. The number of hydrogen-bond donors (Lipinski definition) is 1. The van der Waals surface area contributed by atoms with Crippen molar-refractivity contribution in [2.24, 2.45) is 0 Å². The number of benzene rings is 3. The molecule has 4 rings (SSSR count). The molecule has 0 unspecified atom stereocenters. The van der Waals surface area contributed by atoms with Crippen LogP contribution in [0.4, 0.5) is 11.4 Å². The van der Waals surface area contributed by atoms with E-state index in [2.05, 4.69) is 50.5 Å². The van der Waals surface area contributed by atoms with Crippen molar-refractivity contribution in [2.75, 3.05) is 5.32 Å². The molecule has 0 bridgehead atoms. The Labute approximate surface area is 198 Å². The Morgan fingerprint density at radius 1 is 1.09 bits per heavy atom. The van der Waals surface area contributed by atoms with Crippen molar-refractivity contribution >= 4 is 44.2 Å². The SMILES string of the molecule is CCCCc1ccc(-n2nc3cc(C)c(NC(=O)c4cc([N+](=O)[O-])ccc4Br)cc3n2)cc1. The van der Waals surface area contributed by atoms with Crippen molar-refractivity contribution in [3.8, 4) is 5.69 Å². The number of nitro benzene ring substituents is 1. The lowest BCUT2D eigenvalue weighted by atomic mass is 10.1. The van der Waals surface area contributed by atoms with Crippen molar-refractivity contribution in [1.82, 2.24) is 15.0 Å². The number of non-ortho nitro benzene ring substituents is 1. The minimum absolute atomic E-state index is 0.154. The average Bonchev–Trinajstić information content (AvgIpc) is 3.21. The monoisotopic (exact) mass is 507 g/mol. The Morgan fingerprint density at radius 3 is 2.45 bits per heavy atom. The second-order valence-corrected chi connectivity index (χ2v) is 8.65. The highest BCUT2D eigenvalue weighted by Gasteiger charge is 2.17. The van der Waals surface area contributed by atoms with Crippen LogP contribution < -0.4 is 5.32 Å². The van der Waals surface area contributed by atoms with Gasteiger partial charge >= 0.3 is 0 Å². The van der Waals surface area contributed by atoms with Gasteiger partial charge in [0.25, 0.3) is 11.6 Å². The van der Waals surface area contributed by atoms with Gasteiger partial charge in [0.05, 0.1) is 16.2 Å². The average molecular weight is 508 g/mol. The molecule has 0 spiro atoms. The van der Waals surface area contributed by atoms with E-state index in [9.17, 15) is 14.9 Å². The van der Waals surface area contributed by atoms with E-state index < -0.39 is 10.8 Å². The molecule has 0 aliphatic rings. The van der Waals surface area contributed by atoms with Crippen LogP contribution >= 0.6 is 15.9 Å². The molecule has 1 amide bonds. The maximum absolute atomic E-state index is 12.8. The normalized spacial score (nSPS) is 11.0. The first-order valence-corrected chi connectivity index (χ1v) is 11.4. The van der Waals surface area contributed by atoms with E-state index in [1.54, 1.807) is 10.9 Å². The topological polar surface area (TPSA) is 103 Å². The summed E-state index contributed by atoms with van der Waals surface area (Å²) in [5.41, 5.74) is 4.86. The number of unbranched alkanes of at least 4 members (excludes halogenated alkanes) is 1. The fourth-order valence-corrected chi connectivity index (χ4v) is 3.91. The van der Waals surface area contributed by atoms with Gasteiger partial charge in [-0.05, 0) is 77.2 Å². The molecule has 1 N–H and O–H groups in total. The number of nitrogens with zero attached hydrogens (tertiary/aromatic N) is 4. The number of rotatable bonds is 7. The molecular formula is C24H22BrN5O3. The largest absolute Gasteiger partial charge is 0.322 e. The van der Waals surface area contributed by atoms with Gasteiger partial charge in [0.2, 0.25) is 0 Å². The van der Waals surface area contributed by atoms with E-state index in [4.69, 9.17) is 0 Å². The molecule has 0 radical (unpaired) electrons. The van der Waals surface area contributed by atoms with Gasteiger partial charge in [-0.1, -0.05) is 25.5 Å². The quantitative estimate of drug-likeness (QED) is 0.244. The van der Waals surface area contributed by atoms with Crippen LogP contribution in [0.2, 0.25) is 0 Å². The number of hydrogen-bond acceptors (Lipinski definition) is 5. The number of anilines is 1. The minimum atomic E-state index is -0.533. The van der Waals surface area contributed by atoms with Gasteiger partial charge in [-0.15, -0.1) is 10.2 Å². The van der Waals surface area contributed by atoms with Crippen molar-refractivity contribution in [3.05, 3.63) is 85.9 Å². The van der Waals surface area contributed by atoms with Crippen LogP contribution in [-0.4, -0.2) is 25.8 Å². The number of aromatic nitrogens is 3. The van der Waals surface area contributed by atoms with Crippen molar-refractivity contribution < 1.29 is 9.72 Å². The molecule has 0 saturated heterocycles. The molecule has 168 valence electrons. The Morgan fingerprint density at radius 2 is 1.79 bits per heavy atom. The van der Waals surface area contributed by atoms with Crippen LogP contribution in [0.15, 0.2) is 59.1 Å². The number of fused-ring (bicyclic) bond motifs is 1. The van der Waals surface area contributed by atoms with Gasteiger partial charge in [0, 0.05) is 22.3 Å². The zero-order chi connectivity index (χ0) is 23.5. The molecule has 33 heavy (non-hydrogen) atoms. The highest BCUT2D eigenvalue weighted by Crippen LogP contribution is 2.26. The number of nitrogens with one attached hydrogen (secondary N) is 1. The summed E-state index contributed by atoms with van der Waals surface area (Å²) in [6.07, 6.45) is 3.36. The first-order chi connectivity index (χ1) is 15.9. The molecule has 0 aliphatic carbocycles. The molecule has 0 atom stereocenters. The van der Waals surface area contributed by atoms with E-state index in [0.717, 1.165) is 30.5 Å². The Hall–Kier alpha value is -3.59. The lowest BCUT2D eigenvalue weighted by Crippen LogP contribution is -2.13. The maximum Gasteiger partial charge on any atom is 0.270 e. The maximum atomic E-state index is 12.8. The molecule has 0 saturated carbocycles. The molecule has 1 heterocycles. The van der Waals surface area contributed by atoms with Gasteiger partial charge in [-0.3, -0.25) is 14.9 Å². The summed E-state index contributed by atoms with van der Waals surface area (Å²) in [5.74, 6) is -0.455. The number of carbonyl (C=O) groups is 1. The van der Waals surface area contributed by atoms with Gasteiger partial charge in [-0.2, -0.15) is 4.80 Å². The lowest BCUT2D eigenvalue weighted by molar-refractivity contribution is -0.384. The van der Waals surface area contributed by atoms with Crippen molar-refractivity contribution in [2.45, 2.75) is 33.1 Å². The van der Waals surface area contributed by atoms with Crippen LogP contribution in [0.5, 0.6) is 0 Å². The van der Waals surface area contributed by atoms with E-state index in [1.165, 1.54) is 23.8 Å². The smallest absolute Gasteiger partial charge is 0.270 e. The Balaban J connectivity index is 1.60. The molecule has 1 aromatic heterocycles. The van der Waals surface area contributed by atoms with Crippen LogP contribution in [0, 0.1) is 17.0 Å².